The number of rotatable bonds is 3. The fraction of sp³-hybridized carbons (Fsp3) is 0.545. The molecule has 0 bridgehead atoms. The summed E-state index contributed by atoms with van der Waals surface area (Å²) in [6.45, 7) is 0. The second kappa shape index (κ2) is 4.10. The number of halogens is 1. The van der Waals surface area contributed by atoms with Crippen LogP contribution in [0.25, 0.3) is 0 Å². The van der Waals surface area contributed by atoms with Gasteiger partial charge in [-0.25, -0.2) is 0 Å². The van der Waals surface area contributed by atoms with Crippen molar-refractivity contribution in [3.8, 4) is 0 Å². The first-order valence-electron chi connectivity index (χ1n) is 4.90. The zero-order chi connectivity index (χ0) is 9.10. The van der Waals surface area contributed by atoms with E-state index in [4.69, 9.17) is 11.6 Å². The van der Waals surface area contributed by atoms with E-state index in [0.29, 0.717) is 5.38 Å². The van der Waals surface area contributed by atoms with Crippen LogP contribution in [0.15, 0.2) is 24.4 Å². The summed E-state index contributed by atoms with van der Waals surface area (Å²) in [5, 5.41) is 0.295. The van der Waals surface area contributed by atoms with E-state index < -0.39 is 0 Å². The molecule has 1 fully saturated rings. The second-order valence-electron chi connectivity index (χ2n) is 3.73. The Kier molecular flexibility index (Phi) is 2.84. The largest absolute Gasteiger partial charge is 0.261 e. The van der Waals surface area contributed by atoms with Crippen molar-refractivity contribution in [2.24, 2.45) is 5.92 Å². The molecule has 1 saturated carbocycles. The Morgan fingerprint density at radius 2 is 2.31 bits per heavy atom. The maximum absolute atomic E-state index is 6.28. The predicted molar refractivity (Wildman–Crippen MR) is 54.9 cm³/mol. The number of hydrogen-bond donors (Lipinski definition) is 0. The molecule has 1 aliphatic rings. The van der Waals surface area contributed by atoms with Gasteiger partial charge < -0.3 is 0 Å². The molecule has 1 aromatic rings. The van der Waals surface area contributed by atoms with Gasteiger partial charge in [0.1, 0.15) is 0 Å². The number of aromatic nitrogens is 1. The monoisotopic (exact) mass is 195 g/mol. The average Bonchev–Trinajstić information content (AvgIpc) is 2.02. The third-order valence-corrected chi connectivity index (χ3v) is 3.30. The van der Waals surface area contributed by atoms with Crippen LogP contribution in [0, 0.1) is 5.92 Å². The quantitative estimate of drug-likeness (QED) is 0.676. The van der Waals surface area contributed by atoms with Crippen molar-refractivity contribution in [3.05, 3.63) is 30.1 Å². The molecule has 1 unspecified atom stereocenters. The fourth-order valence-corrected chi connectivity index (χ4v) is 2.10. The summed E-state index contributed by atoms with van der Waals surface area (Å²) in [5.41, 5.74) is 1.12. The number of pyridine rings is 1. The molecule has 0 amide bonds. The highest BCUT2D eigenvalue weighted by Gasteiger charge is 2.25. The Bertz CT molecular complexity index is 256. The van der Waals surface area contributed by atoms with Crippen molar-refractivity contribution >= 4 is 11.6 Å². The van der Waals surface area contributed by atoms with E-state index in [1.807, 2.05) is 24.4 Å². The molecule has 1 aliphatic carbocycles. The molecule has 0 N–H and O–H groups in total. The molecule has 1 nitrogen and oxygen atoms in total. The van der Waals surface area contributed by atoms with Crippen LogP contribution in [0.3, 0.4) is 0 Å². The minimum Gasteiger partial charge on any atom is -0.261 e. The Hall–Kier alpha value is -0.560. The van der Waals surface area contributed by atoms with Crippen LogP contribution < -0.4 is 0 Å². The molecular formula is C11H14ClN. The number of alkyl halides is 1. The molecule has 70 valence electrons. The molecule has 2 heteroatoms. The van der Waals surface area contributed by atoms with Crippen LogP contribution in [0.1, 0.15) is 25.0 Å². The highest BCUT2D eigenvalue weighted by Crippen LogP contribution is 2.33. The van der Waals surface area contributed by atoms with Gasteiger partial charge in [0.05, 0.1) is 0 Å². The Morgan fingerprint density at radius 3 is 2.85 bits per heavy atom. The van der Waals surface area contributed by atoms with Crippen molar-refractivity contribution in [2.75, 3.05) is 0 Å². The van der Waals surface area contributed by atoms with Crippen LogP contribution in [-0.4, -0.2) is 10.4 Å². The molecule has 1 heterocycles. The zero-order valence-electron chi connectivity index (χ0n) is 7.62. The third-order valence-electron chi connectivity index (χ3n) is 2.79. The summed E-state index contributed by atoms with van der Waals surface area (Å²) in [6, 6.07) is 6.01. The van der Waals surface area contributed by atoms with Crippen LogP contribution in [0.5, 0.6) is 0 Å². The lowest BCUT2D eigenvalue weighted by Crippen LogP contribution is -2.24. The lowest BCUT2D eigenvalue weighted by Gasteiger charge is -2.29. The zero-order valence-corrected chi connectivity index (χ0v) is 8.37. The lowest BCUT2D eigenvalue weighted by atomic mass is 9.81. The maximum Gasteiger partial charge on any atom is 0.0419 e. The molecule has 2 rings (SSSR count). The predicted octanol–water partition coefficient (Wildman–Crippen LogP) is 3.03. The number of nitrogens with zero attached hydrogens (tertiary/aromatic N) is 1. The summed E-state index contributed by atoms with van der Waals surface area (Å²) >= 11 is 6.28. The van der Waals surface area contributed by atoms with Crippen LogP contribution in [0.2, 0.25) is 0 Å². The van der Waals surface area contributed by atoms with Crippen LogP contribution >= 0.6 is 11.6 Å². The van der Waals surface area contributed by atoms with Crippen molar-refractivity contribution in [2.45, 2.75) is 31.1 Å². The first kappa shape index (κ1) is 9.01. The minimum absolute atomic E-state index is 0.295. The molecule has 0 aliphatic heterocycles. The highest BCUT2D eigenvalue weighted by atomic mass is 35.5. The van der Waals surface area contributed by atoms with Gasteiger partial charge in [-0.1, -0.05) is 12.5 Å². The number of hydrogen-bond acceptors (Lipinski definition) is 1. The van der Waals surface area contributed by atoms with E-state index in [-0.39, 0.29) is 0 Å². The van der Waals surface area contributed by atoms with Gasteiger partial charge in [-0.05, 0) is 30.9 Å². The first-order chi connectivity index (χ1) is 6.36. The minimum atomic E-state index is 0.295. The van der Waals surface area contributed by atoms with Crippen molar-refractivity contribution in [1.82, 2.24) is 4.98 Å². The fourth-order valence-electron chi connectivity index (χ4n) is 1.69. The molecule has 0 spiro atoms. The van der Waals surface area contributed by atoms with Crippen molar-refractivity contribution in [3.63, 3.8) is 0 Å². The normalized spacial score (nSPS) is 19.5. The molecule has 0 aromatic carbocycles. The molecule has 1 aromatic heterocycles. The van der Waals surface area contributed by atoms with Crippen LogP contribution in [0.4, 0.5) is 0 Å². The standard InChI is InChI=1S/C11H14ClN/c12-11(9-4-3-5-9)8-10-6-1-2-7-13-10/h1-2,6-7,9,11H,3-5,8H2. The van der Waals surface area contributed by atoms with E-state index in [0.717, 1.165) is 18.0 Å². The summed E-state index contributed by atoms with van der Waals surface area (Å²) in [6.07, 6.45) is 6.73. The topological polar surface area (TPSA) is 12.9 Å². The maximum atomic E-state index is 6.28. The van der Waals surface area contributed by atoms with Gasteiger partial charge in [-0.15, -0.1) is 11.6 Å². The smallest absolute Gasteiger partial charge is 0.0419 e. The van der Waals surface area contributed by atoms with E-state index in [1.54, 1.807) is 0 Å². The Morgan fingerprint density at radius 1 is 1.46 bits per heavy atom. The van der Waals surface area contributed by atoms with Gasteiger partial charge in [0.2, 0.25) is 0 Å². The Balaban J connectivity index is 1.90. The molecule has 1 atom stereocenters. The van der Waals surface area contributed by atoms with Gasteiger partial charge in [-0.3, -0.25) is 4.98 Å². The average molecular weight is 196 g/mol. The van der Waals surface area contributed by atoms with Crippen molar-refractivity contribution < 1.29 is 0 Å². The van der Waals surface area contributed by atoms with E-state index in [2.05, 4.69) is 4.98 Å². The molecule has 13 heavy (non-hydrogen) atoms. The van der Waals surface area contributed by atoms with E-state index in [1.165, 1.54) is 19.3 Å². The first-order valence-corrected chi connectivity index (χ1v) is 5.34. The van der Waals surface area contributed by atoms with Gasteiger partial charge in [0, 0.05) is 23.7 Å². The highest BCUT2D eigenvalue weighted by molar-refractivity contribution is 6.20. The van der Waals surface area contributed by atoms with Gasteiger partial charge >= 0.3 is 0 Å². The SMILES string of the molecule is ClC(Cc1ccccn1)C1CCC1. The van der Waals surface area contributed by atoms with E-state index >= 15 is 0 Å². The molecular weight excluding hydrogens is 182 g/mol. The lowest BCUT2D eigenvalue weighted by molar-refractivity contribution is 0.301. The summed E-state index contributed by atoms with van der Waals surface area (Å²) in [5.74, 6) is 0.740. The third kappa shape index (κ3) is 2.22. The summed E-state index contributed by atoms with van der Waals surface area (Å²) in [4.78, 5) is 4.28. The van der Waals surface area contributed by atoms with E-state index in [9.17, 15) is 0 Å². The van der Waals surface area contributed by atoms with Crippen LogP contribution in [-0.2, 0) is 6.42 Å². The Labute approximate surface area is 84.1 Å². The summed E-state index contributed by atoms with van der Waals surface area (Å²) in [7, 11) is 0. The van der Waals surface area contributed by atoms with Gasteiger partial charge in [-0.2, -0.15) is 0 Å². The summed E-state index contributed by atoms with van der Waals surface area (Å²) < 4.78 is 0. The molecule has 0 saturated heterocycles. The molecule has 0 radical (unpaired) electrons. The van der Waals surface area contributed by atoms with Gasteiger partial charge in [0.15, 0.2) is 0 Å². The van der Waals surface area contributed by atoms with Crippen molar-refractivity contribution in [1.29, 1.82) is 0 Å². The second-order valence-corrected chi connectivity index (χ2v) is 4.29. The van der Waals surface area contributed by atoms with Gasteiger partial charge in [0.25, 0.3) is 0 Å².